The summed E-state index contributed by atoms with van der Waals surface area (Å²) in [6.45, 7) is 7.23. The van der Waals surface area contributed by atoms with Gasteiger partial charge in [-0.15, -0.1) is 0 Å². The van der Waals surface area contributed by atoms with Gasteiger partial charge in [0.15, 0.2) is 11.5 Å². The maximum Gasteiger partial charge on any atom is 0.161 e. The van der Waals surface area contributed by atoms with Crippen LogP contribution in [0.3, 0.4) is 0 Å². The van der Waals surface area contributed by atoms with Crippen molar-refractivity contribution >= 4 is 0 Å². The molecule has 1 aliphatic heterocycles. The standard InChI is InChI=1S/C25H42N2O5/c1-18(2)26-15-21(29)17-32-24-9-8-19(14-25(24)30-3)11-13-31-23-7-5-4-6-22(23)27-12-10-20(28)16-27/h8-9,14,18,20-23,26,28-29H,4-7,10-13,15-17H2,1-3H3/t20-,21?,22-,23+/m1/s1. The van der Waals surface area contributed by atoms with Crippen LogP contribution in [-0.4, -0.2) is 85.5 Å². The number of β-amino-alcohol motifs (C(OH)–C–C–N with tert-alkyl or cyclic N) is 1. The molecule has 1 saturated heterocycles. The van der Waals surface area contributed by atoms with Crippen molar-refractivity contribution in [2.24, 2.45) is 0 Å². The van der Waals surface area contributed by atoms with Crippen molar-refractivity contribution in [2.75, 3.05) is 40.0 Å². The van der Waals surface area contributed by atoms with Gasteiger partial charge in [0.25, 0.3) is 0 Å². The van der Waals surface area contributed by atoms with Gasteiger partial charge in [0.05, 0.1) is 25.9 Å². The van der Waals surface area contributed by atoms with E-state index in [4.69, 9.17) is 14.2 Å². The van der Waals surface area contributed by atoms with Crippen molar-refractivity contribution in [1.29, 1.82) is 0 Å². The van der Waals surface area contributed by atoms with Crippen molar-refractivity contribution in [2.45, 2.75) is 82.8 Å². The number of methoxy groups -OCH3 is 1. The highest BCUT2D eigenvalue weighted by atomic mass is 16.5. The predicted molar refractivity (Wildman–Crippen MR) is 126 cm³/mol. The first-order valence-corrected chi connectivity index (χ1v) is 12.2. The summed E-state index contributed by atoms with van der Waals surface area (Å²) < 4.78 is 17.6. The van der Waals surface area contributed by atoms with Gasteiger partial charge < -0.3 is 29.7 Å². The van der Waals surface area contributed by atoms with E-state index in [9.17, 15) is 10.2 Å². The lowest BCUT2D eigenvalue weighted by molar-refractivity contribution is -0.0316. The molecule has 3 rings (SSSR count). The fraction of sp³-hybridized carbons (Fsp3) is 0.760. The van der Waals surface area contributed by atoms with Crippen LogP contribution in [0.1, 0.15) is 51.5 Å². The molecule has 4 atom stereocenters. The predicted octanol–water partition coefficient (Wildman–Crippen LogP) is 2.37. The molecule has 1 aromatic carbocycles. The molecular formula is C25H42N2O5. The highest BCUT2D eigenvalue weighted by molar-refractivity contribution is 5.43. The van der Waals surface area contributed by atoms with Gasteiger partial charge in [-0.3, -0.25) is 4.90 Å². The van der Waals surface area contributed by atoms with Gasteiger partial charge in [-0.25, -0.2) is 0 Å². The maximum absolute atomic E-state index is 10.1. The molecule has 1 aromatic rings. The van der Waals surface area contributed by atoms with Gasteiger partial charge in [0.2, 0.25) is 0 Å². The normalized spacial score (nSPS) is 25.2. The lowest BCUT2D eigenvalue weighted by atomic mass is 9.91. The van der Waals surface area contributed by atoms with Crippen LogP contribution in [0.5, 0.6) is 11.5 Å². The summed E-state index contributed by atoms with van der Waals surface area (Å²) in [5.41, 5.74) is 1.14. The zero-order valence-corrected chi connectivity index (χ0v) is 20.0. The number of aliphatic hydroxyl groups excluding tert-OH is 2. The second kappa shape index (κ2) is 12.8. The molecule has 2 aliphatic rings. The van der Waals surface area contributed by atoms with Gasteiger partial charge >= 0.3 is 0 Å². The smallest absolute Gasteiger partial charge is 0.161 e. The number of ether oxygens (including phenoxy) is 3. The molecule has 3 N–H and O–H groups in total. The summed E-state index contributed by atoms with van der Waals surface area (Å²) in [5, 5.41) is 23.2. The SMILES string of the molecule is COc1cc(CCO[C@H]2CCCC[C@H]2N2CC[C@@H](O)C2)ccc1OCC(O)CNC(C)C. The van der Waals surface area contributed by atoms with Crippen molar-refractivity contribution in [3.05, 3.63) is 23.8 Å². The minimum atomic E-state index is -0.574. The first-order chi connectivity index (χ1) is 15.5. The molecule has 2 fully saturated rings. The molecule has 7 heteroatoms. The molecule has 182 valence electrons. The summed E-state index contributed by atoms with van der Waals surface area (Å²) in [4.78, 5) is 2.43. The minimum Gasteiger partial charge on any atom is -0.493 e. The number of benzene rings is 1. The summed E-state index contributed by atoms with van der Waals surface area (Å²) in [6, 6.07) is 6.70. The number of nitrogens with one attached hydrogen (secondary N) is 1. The Morgan fingerprint density at radius 1 is 1.16 bits per heavy atom. The van der Waals surface area contributed by atoms with E-state index < -0.39 is 6.10 Å². The third-order valence-corrected chi connectivity index (χ3v) is 6.48. The molecule has 1 saturated carbocycles. The average Bonchev–Trinajstić information content (AvgIpc) is 3.23. The van der Waals surface area contributed by atoms with Crippen LogP contribution in [0.25, 0.3) is 0 Å². The fourth-order valence-corrected chi connectivity index (χ4v) is 4.69. The topological polar surface area (TPSA) is 83.4 Å². The van der Waals surface area contributed by atoms with Crippen LogP contribution < -0.4 is 14.8 Å². The Bertz CT molecular complexity index is 686. The molecule has 0 bridgehead atoms. The molecule has 32 heavy (non-hydrogen) atoms. The Morgan fingerprint density at radius 2 is 1.97 bits per heavy atom. The number of hydrogen-bond donors (Lipinski definition) is 3. The van der Waals surface area contributed by atoms with E-state index >= 15 is 0 Å². The van der Waals surface area contributed by atoms with E-state index in [-0.39, 0.29) is 18.8 Å². The molecule has 0 amide bonds. The van der Waals surface area contributed by atoms with Gasteiger partial charge in [-0.2, -0.15) is 0 Å². The van der Waals surface area contributed by atoms with E-state index in [1.165, 1.54) is 12.8 Å². The summed E-state index contributed by atoms with van der Waals surface area (Å²) >= 11 is 0. The summed E-state index contributed by atoms with van der Waals surface area (Å²) in [5.74, 6) is 1.31. The van der Waals surface area contributed by atoms with Crippen LogP contribution in [0.15, 0.2) is 18.2 Å². The Balaban J connectivity index is 1.47. The second-order valence-electron chi connectivity index (χ2n) is 9.46. The van der Waals surface area contributed by atoms with Gasteiger partial charge in [-0.1, -0.05) is 32.8 Å². The van der Waals surface area contributed by atoms with Crippen molar-refractivity contribution in [3.63, 3.8) is 0 Å². The highest BCUT2D eigenvalue weighted by Crippen LogP contribution is 2.30. The van der Waals surface area contributed by atoms with Crippen LogP contribution in [0, 0.1) is 0 Å². The van der Waals surface area contributed by atoms with Crippen molar-refractivity contribution in [3.8, 4) is 11.5 Å². The third-order valence-electron chi connectivity index (χ3n) is 6.48. The molecule has 1 heterocycles. The van der Waals surface area contributed by atoms with E-state index in [1.807, 2.05) is 32.0 Å². The molecule has 1 aliphatic carbocycles. The summed E-state index contributed by atoms with van der Waals surface area (Å²) in [6.07, 6.45) is 5.91. The first-order valence-electron chi connectivity index (χ1n) is 12.2. The molecule has 7 nitrogen and oxygen atoms in total. The maximum atomic E-state index is 10.1. The monoisotopic (exact) mass is 450 g/mol. The lowest BCUT2D eigenvalue weighted by Gasteiger charge is -2.37. The highest BCUT2D eigenvalue weighted by Gasteiger charge is 2.34. The number of hydrogen-bond acceptors (Lipinski definition) is 7. The number of rotatable bonds is 12. The van der Waals surface area contributed by atoms with Gasteiger partial charge in [0.1, 0.15) is 12.7 Å². The third kappa shape index (κ3) is 7.59. The molecule has 0 spiro atoms. The van der Waals surface area contributed by atoms with E-state index in [0.717, 1.165) is 44.3 Å². The van der Waals surface area contributed by atoms with Crippen LogP contribution >= 0.6 is 0 Å². The Hall–Kier alpha value is -1.38. The van der Waals surface area contributed by atoms with Gasteiger partial charge in [0, 0.05) is 31.7 Å². The first kappa shape index (κ1) is 25.2. The molecular weight excluding hydrogens is 408 g/mol. The van der Waals surface area contributed by atoms with E-state index in [0.29, 0.717) is 36.7 Å². The van der Waals surface area contributed by atoms with Crippen molar-refractivity contribution < 1.29 is 24.4 Å². The van der Waals surface area contributed by atoms with Crippen LogP contribution in [0.2, 0.25) is 0 Å². The van der Waals surface area contributed by atoms with Crippen LogP contribution in [0.4, 0.5) is 0 Å². The van der Waals surface area contributed by atoms with E-state index in [1.54, 1.807) is 7.11 Å². The van der Waals surface area contributed by atoms with Gasteiger partial charge in [-0.05, 0) is 43.4 Å². The average molecular weight is 451 g/mol. The fourth-order valence-electron chi connectivity index (χ4n) is 4.69. The number of nitrogens with zero attached hydrogens (tertiary/aromatic N) is 1. The molecule has 1 unspecified atom stereocenters. The zero-order chi connectivity index (χ0) is 22.9. The largest absolute Gasteiger partial charge is 0.493 e. The Labute approximate surface area is 193 Å². The number of aliphatic hydroxyl groups is 2. The Kier molecular flexibility index (Phi) is 10.1. The molecule has 0 radical (unpaired) electrons. The second-order valence-corrected chi connectivity index (χ2v) is 9.46. The quantitative estimate of drug-likeness (QED) is 0.451. The Morgan fingerprint density at radius 3 is 2.69 bits per heavy atom. The van der Waals surface area contributed by atoms with Crippen molar-refractivity contribution in [1.82, 2.24) is 10.2 Å². The lowest BCUT2D eigenvalue weighted by Crippen LogP contribution is -2.46. The summed E-state index contributed by atoms with van der Waals surface area (Å²) in [7, 11) is 1.64. The minimum absolute atomic E-state index is 0.182. The zero-order valence-electron chi connectivity index (χ0n) is 20.0. The van der Waals surface area contributed by atoms with Crippen LogP contribution in [-0.2, 0) is 11.2 Å². The molecule has 0 aromatic heterocycles. The van der Waals surface area contributed by atoms with E-state index in [2.05, 4.69) is 10.2 Å². The number of likely N-dealkylation sites (tertiary alicyclic amines) is 1.